The molecule has 0 saturated heterocycles. The van der Waals surface area contributed by atoms with Crippen LogP contribution in [-0.2, 0) is 26.2 Å². The summed E-state index contributed by atoms with van der Waals surface area (Å²) in [5, 5.41) is 3.24. The SMILES string of the molecule is CC[C@@H](C)NC(=O)[C@@H](CC)N(Cc1ccccc1)C(=O)CN(c1cc(Cl)ccc1OC)S(=O)(=O)c1ccccc1. The number of hydrogen-bond acceptors (Lipinski definition) is 5. The van der Waals surface area contributed by atoms with E-state index in [0.29, 0.717) is 6.42 Å². The number of carbonyl (C=O) groups excluding carboxylic acids is 2. The molecule has 0 aromatic heterocycles. The number of halogens is 1. The number of amides is 2. The van der Waals surface area contributed by atoms with Gasteiger partial charge in [-0.3, -0.25) is 13.9 Å². The minimum atomic E-state index is -4.23. The molecule has 0 heterocycles. The number of sulfonamides is 1. The van der Waals surface area contributed by atoms with Crippen molar-refractivity contribution in [3.05, 3.63) is 89.4 Å². The monoisotopic (exact) mass is 585 g/mol. The van der Waals surface area contributed by atoms with Crippen LogP contribution in [0.15, 0.2) is 83.8 Å². The molecular weight excluding hydrogens is 550 g/mol. The van der Waals surface area contributed by atoms with Gasteiger partial charge in [0.25, 0.3) is 10.0 Å². The van der Waals surface area contributed by atoms with Gasteiger partial charge in [0.15, 0.2) is 0 Å². The summed E-state index contributed by atoms with van der Waals surface area (Å²) >= 11 is 6.27. The van der Waals surface area contributed by atoms with Crippen LogP contribution in [0.2, 0.25) is 5.02 Å². The van der Waals surface area contributed by atoms with Crippen molar-refractivity contribution in [1.82, 2.24) is 10.2 Å². The first-order valence-corrected chi connectivity index (χ1v) is 15.0. The predicted octanol–water partition coefficient (Wildman–Crippen LogP) is 5.27. The first-order chi connectivity index (χ1) is 19.1. The number of ether oxygens (including phenoxy) is 1. The summed E-state index contributed by atoms with van der Waals surface area (Å²) in [4.78, 5) is 28.9. The van der Waals surface area contributed by atoms with Crippen molar-refractivity contribution < 1.29 is 22.7 Å². The van der Waals surface area contributed by atoms with Gasteiger partial charge >= 0.3 is 0 Å². The van der Waals surface area contributed by atoms with E-state index in [2.05, 4.69) is 5.32 Å². The average molecular weight is 586 g/mol. The van der Waals surface area contributed by atoms with Crippen molar-refractivity contribution >= 4 is 39.1 Å². The molecule has 40 heavy (non-hydrogen) atoms. The van der Waals surface area contributed by atoms with Gasteiger partial charge < -0.3 is 15.0 Å². The molecule has 8 nitrogen and oxygen atoms in total. The molecule has 0 saturated carbocycles. The average Bonchev–Trinajstić information content (AvgIpc) is 2.96. The van der Waals surface area contributed by atoms with Gasteiger partial charge in [0.1, 0.15) is 18.3 Å². The van der Waals surface area contributed by atoms with Crippen molar-refractivity contribution in [3.63, 3.8) is 0 Å². The predicted molar refractivity (Wildman–Crippen MR) is 158 cm³/mol. The number of rotatable bonds is 13. The van der Waals surface area contributed by atoms with Gasteiger partial charge in [-0.05, 0) is 55.7 Å². The third kappa shape index (κ3) is 7.55. The molecule has 3 rings (SSSR count). The van der Waals surface area contributed by atoms with E-state index in [0.717, 1.165) is 16.3 Å². The Balaban J connectivity index is 2.10. The van der Waals surface area contributed by atoms with Crippen molar-refractivity contribution in [3.8, 4) is 5.75 Å². The molecule has 0 aliphatic heterocycles. The summed E-state index contributed by atoms with van der Waals surface area (Å²) < 4.78 is 34.4. The van der Waals surface area contributed by atoms with Crippen LogP contribution in [0.4, 0.5) is 5.69 Å². The van der Waals surface area contributed by atoms with E-state index in [-0.39, 0.29) is 39.8 Å². The fourth-order valence-corrected chi connectivity index (χ4v) is 5.84. The van der Waals surface area contributed by atoms with Crippen LogP contribution in [0, 0.1) is 0 Å². The van der Waals surface area contributed by atoms with Crippen molar-refractivity contribution in [2.24, 2.45) is 0 Å². The lowest BCUT2D eigenvalue weighted by molar-refractivity contribution is -0.140. The number of nitrogens with zero attached hydrogens (tertiary/aromatic N) is 2. The molecule has 0 bridgehead atoms. The van der Waals surface area contributed by atoms with E-state index in [4.69, 9.17) is 16.3 Å². The fraction of sp³-hybridized carbons (Fsp3) is 0.333. The Morgan fingerprint density at radius 1 is 0.950 bits per heavy atom. The van der Waals surface area contributed by atoms with Gasteiger partial charge in [-0.2, -0.15) is 0 Å². The molecule has 3 aromatic rings. The van der Waals surface area contributed by atoms with E-state index in [9.17, 15) is 18.0 Å². The summed E-state index contributed by atoms with van der Waals surface area (Å²) in [6, 6.07) is 20.8. The van der Waals surface area contributed by atoms with Crippen LogP contribution in [0.25, 0.3) is 0 Å². The quantitative estimate of drug-likeness (QED) is 0.295. The zero-order valence-corrected chi connectivity index (χ0v) is 24.8. The Hall–Kier alpha value is -3.56. The zero-order valence-electron chi connectivity index (χ0n) is 23.2. The van der Waals surface area contributed by atoms with Gasteiger partial charge in [-0.15, -0.1) is 0 Å². The number of anilines is 1. The number of methoxy groups -OCH3 is 1. The molecular formula is C30H36ClN3O5S. The normalized spacial score (nSPS) is 12.7. The molecule has 2 amide bonds. The van der Waals surface area contributed by atoms with E-state index < -0.39 is 28.5 Å². The van der Waals surface area contributed by atoms with Crippen LogP contribution >= 0.6 is 11.6 Å². The second-order valence-corrected chi connectivity index (χ2v) is 11.7. The van der Waals surface area contributed by atoms with Crippen LogP contribution in [0.1, 0.15) is 39.2 Å². The topological polar surface area (TPSA) is 96.0 Å². The van der Waals surface area contributed by atoms with Crippen molar-refractivity contribution in [2.45, 2.75) is 57.1 Å². The maximum atomic E-state index is 14.1. The summed E-state index contributed by atoms with van der Waals surface area (Å²) in [5.74, 6) is -0.608. The second-order valence-electron chi connectivity index (χ2n) is 9.39. The van der Waals surface area contributed by atoms with E-state index >= 15 is 0 Å². The van der Waals surface area contributed by atoms with Crippen LogP contribution < -0.4 is 14.4 Å². The first kappa shape index (κ1) is 31.0. The number of hydrogen-bond donors (Lipinski definition) is 1. The van der Waals surface area contributed by atoms with Gasteiger partial charge in [0, 0.05) is 17.6 Å². The number of nitrogens with one attached hydrogen (secondary N) is 1. The number of benzene rings is 3. The standard InChI is InChI=1S/C30H36ClN3O5S/c1-5-22(3)32-30(36)26(6-2)33(20-23-13-9-7-10-14-23)29(35)21-34(27-19-24(31)17-18-28(27)39-4)40(37,38)25-15-11-8-12-16-25/h7-19,22,26H,5-6,20-21H2,1-4H3,(H,32,36)/t22-,26-/m1/s1. The molecule has 0 aliphatic rings. The van der Waals surface area contributed by atoms with E-state index in [1.54, 1.807) is 30.3 Å². The molecule has 214 valence electrons. The van der Waals surface area contributed by atoms with Gasteiger partial charge in [0.2, 0.25) is 11.8 Å². The first-order valence-electron chi connectivity index (χ1n) is 13.2. The van der Waals surface area contributed by atoms with Crippen LogP contribution in [0.3, 0.4) is 0 Å². The Kier molecular flexibility index (Phi) is 11.0. The lowest BCUT2D eigenvalue weighted by Crippen LogP contribution is -2.53. The highest BCUT2D eigenvalue weighted by Crippen LogP contribution is 2.35. The molecule has 3 aromatic carbocycles. The molecule has 10 heteroatoms. The lowest BCUT2D eigenvalue weighted by atomic mass is 10.1. The Morgan fingerprint density at radius 3 is 2.15 bits per heavy atom. The highest BCUT2D eigenvalue weighted by molar-refractivity contribution is 7.92. The Morgan fingerprint density at radius 2 is 1.57 bits per heavy atom. The summed E-state index contributed by atoms with van der Waals surface area (Å²) in [5.41, 5.74) is 0.924. The smallest absolute Gasteiger partial charge is 0.264 e. The zero-order chi connectivity index (χ0) is 29.3. The summed E-state index contributed by atoms with van der Waals surface area (Å²) in [6.45, 7) is 5.23. The maximum absolute atomic E-state index is 14.1. The van der Waals surface area contributed by atoms with E-state index in [1.165, 1.54) is 30.2 Å². The van der Waals surface area contributed by atoms with E-state index in [1.807, 2.05) is 51.1 Å². The molecule has 2 atom stereocenters. The highest BCUT2D eigenvalue weighted by Gasteiger charge is 2.35. The third-order valence-corrected chi connectivity index (χ3v) is 8.61. The van der Waals surface area contributed by atoms with Crippen LogP contribution in [-0.4, -0.2) is 50.9 Å². The van der Waals surface area contributed by atoms with Gasteiger partial charge in [0.05, 0.1) is 17.7 Å². The molecule has 0 unspecified atom stereocenters. The Labute approximate surface area is 241 Å². The minimum absolute atomic E-state index is 0.000920. The third-order valence-electron chi connectivity index (χ3n) is 6.60. The summed E-state index contributed by atoms with van der Waals surface area (Å²) in [6.07, 6.45) is 1.07. The molecule has 0 aliphatic carbocycles. The highest BCUT2D eigenvalue weighted by atomic mass is 35.5. The molecule has 0 fully saturated rings. The molecule has 0 radical (unpaired) electrons. The molecule has 1 N–H and O–H groups in total. The maximum Gasteiger partial charge on any atom is 0.264 e. The van der Waals surface area contributed by atoms with Gasteiger partial charge in [-0.1, -0.05) is 74.0 Å². The van der Waals surface area contributed by atoms with Crippen molar-refractivity contribution in [2.75, 3.05) is 18.0 Å². The van der Waals surface area contributed by atoms with Crippen LogP contribution in [0.5, 0.6) is 5.75 Å². The summed E-state index contributed by atoms with van der Waals surface area (Å²) in [7, 11) is -2.82. The molecule has 0 spiro atoms. The largest absolute Gasteiger partial charge is 0.495 e. The Bertz CT molecular complexity index is 1390. The fourth-order valence-electron chi connectivity index (χ4n) is 4.23. The lowest BCUT2D eigenvalue weighted by Gasteiger charge is -2.34. The van der Waals surface area contributed by atoms with Gasteiger partial charge in [-0.25, -0.2) is 8.42 Å². The second kappa shape index (κ2) is 14.2. The van der Waals surface area contributed by atoms with Crippen molar-refractivity contribution in [1.29, 1.82) is 0 Å². The minimum Gasteiger partial charge on any atom is -0.495 e. The number of carbonyl (C=O) groups is 2.